The van der Waals surface area contributed by atoms with Gasteiger partial charge in [0, 0.05) is 5.41 Å². The number of aliphatic hydroxyl groups excluding tert-OH is 1. The Hall–Kier alpha value is -0.170. The van der Waals surface area contributed by atoms with E-state index >= 15 is 0 Å². The van der Waals surface area contributed by atoms with Crippen molar-refractivity contribution in [3.05, 3.63) is 0 Å². The molecule has 6 heteroatoms. The quantitative estimate of drug-likeness (QED) is 0.556. The van der Waals surface area contributed by atoms with Gasteiger partial charge in [-0.1, -0.05) is 6.92 Å². The van der Waals surface area contributed by atoms with Gasteiger partial charge in [0.15, 0.2) is 0 Å². The summed E-state index contributed by atoms with van der Waals surface area (Å²) in [5.41, 5.74) is 0.0972. The normalized spacial score (nSPS) is 20.3. The number of hydrogen-bond donors (Lipinski definition) is 2. The van der Waals surface area contributed by atoms with Crippen molar-refractivity contribution in [1.82, 2.24) is 0 Å². The van der Waals surface area contributed by atoms with Crippen molar-refractivity contribution < 1.29 is 22.8 Å². The summed E-state index contributed by atoms with van der Waals surface area (Å²) in [5.74, 6) is 0. The first-order valence-electron chi connectivity index (χ1n) is 3.38. The third-order valence-electron chi connectivity index (χ3n) is 1.28. The van der Waals surface area contributed by atoms with E-state index in [4.69, 9.17) is 14.4 Å². The van der Waals surface area contributed by atoms with Crippen LogP contribution in [-0.4, -0.2) is 44.2 Å². The highest BCUT2D eigenvalue weighted by molar-refractivity contribution is 7.85. The molecule has 0 aromatic carbocycles. The molecule has 12 heavy (non-hydrogen) atoms. The molecule has 1 aliphatic rings. The van der Waals surface area contributed by atoms with Gasteiger partial charge in [-0.2, -0.15) is 8.42 Å². The molecule has 0 aromatic rings. The monoisotopic (exact) mass is 198 g/mol. The van der Waals surface area contributed by atoms with Crippen LogP contribution in [-0.2, 0) is 14.9 Å². The van der Waals surface area contributed by atoms with Gasteiger partial charge in [-0.05, 0) is 0 Å². The average Bonchev–Trinajstić information content (AvgIpc) is 1.79. The minimum atomic E-state index is -3.67. The molecule has 1 saturated heterocycles. The van der Waals surface area contributed by atoms with Crippen LogP contribution in [0.15, 0.2) is 0 Å². The Labute approximate surface area is 72.1 Å². The van der Waals surface area contributed by atoms with Crippen LogP contribution >= 0.6 is 0 Å². The van der Waals surface area contributed by atoms with Gasteiger partial charge in [0.1, 0.15) is 0 Å². The molecule has 0 atom stereocenters. The molecule has 2 N–H and O–H groups in total. The van der Waals surface area contributed by atoms with Crippen molar-refractivity contribution in [3.63, 3.8) is 0 Å². The Balaban J connectivity index is 0.000000217. The van der Waals surface area contributed by atoms with Crippen molar-refractivity contribution in [3.8, 4) is 0 Å². The molecule has 74 valence electrons. The Morgan fingerprint density at radius 3 is 1.83 bits per heavy atom. The fourth-order valence-electron chi connectivity index (χ4n) is 0.542. The lowest BCUT2D eigenvalue weighted by Crippen LogP contribution is -2.42. The molecule has 5 nitrogen and oxygen atoms in total. The molecule has 1 heterocycles. The third kappa shape index (κ3) is 6.53. The Kier molecular flexibility index (Phi) is 4.12. The molecule has 0 spiro atoms. The Bertz CT molecular complexity index is 203. The molecular weight excluding hydrogens is 184 g/mol. The van der Waals surface area contributed by atoms with Crippen LogP contribution in [0.5, 0.6) is 0 Å². The fraction of sp³-hybridized carbons (Fsp3) is 1.00. The maximum atomic E-state index is 9.19. The largest absolute Gasteiger partial charge is 0.396 e. The molecule has 0 unspecified atom stereocenters. The summed E-state index contributed by atoms with van der Waals surface area (Å²) < 4.78 is 30.7. The van der Waals surface area contributed by atoms with Gasteiger partial charge in [0.05, 0.1) is 26.1 Å². The number of aliphatic hydroxyl groups is 1. The first-order valence-corrected chi connectivity index (χ1v) is 5.23. The summed E-state index contributed by atoms with van der Waals surface area (Å²) >= 11 is 0. The van der Waals surface area contributed by atoms with Crippen molar-refractivity contribution in [2.24, 2.45) is 5.41 Å². The first kappa shape index (κ1) is 11.8. The summed E-state index contributed by atoms with van der Waals surface area (Å²) in [7, 11) is -3.67. The van der Waals surface area contributed by atoms with Crippen LogP contribution in [0, 0.1) is 5.41 Å². The Morgan fingerprint density at radius 1 is 1.50 bits per heavy atom. The predicted octanol–water partition coefficient (Wildman–Crippen LogP) is -0.481. The molecule has 0 amide bonds. The molecule has 0 bridgehead atoms. The number of hydrogen-bond acceptors (Lipinski definition) is 4. The van der Waals surface area contributed by atoms with E-state index < -0.39 is 10.1 Å². The van der Waals surface area contributed by atoms with E-state index in [1.807, 2.05) is 6.92 Å². The van der Waals surface area contributed by atoms with Gasteiger partial charge < -0.3 is 9.84 Å². The van der Waals surface area contributed by atoms with Crippen LogP contribution in [0.4, 0.5) is 0 Å². The van der Waals surface area contributed by atoms with E-state index in [-0.39, 0.29) is 12.0 Å². The van der Waals surface area contributed by atoms with Gasteiger partial charge in [0.2, 0.25) is 0 Å². The molecule has 1 aliphatic heterocycles. The Morgan fingerprint density at radius 2 is 1.83 bits per heavy atom. The van der Waals surface area contributed by atoms with E-state index in [1.165, 1.54) is 0 Å². The lowest BCUT2D eigenvalue weighted by Gasteiger charge is -2.35. The summed E-state index contributed by atoms with van der Waals surface area (Å²) in [4.78, 5) is 0. The maximum absolute atomic E-state index is 9.19. The van der Waals surface area contributed by atoms with Crippen LogP contribution in [0.25, 0.3) is 0 Å². The molecule has 0 aromatic heterocycles. The van der Waals surface area contributed by atoms with E-state index in [0.29, 0.717) is 6.26 Å². The van der Waals surface area contributed by atoms with Crippen LogP contribution in [0.3, 0.4) is 0 Å². The second-order valence-electron chi connectivity index (χ2n) is 3.19. The second-order valence-corrected chi connectivity index (χ2v) is 4.66. The van der Waals surface area contributed by atoms with E-state index in [1.54, 1.807) is 0 Å². The highest BCUT2D eigenvalue weighted by Gasteiger charge is 2.31. The van der Waals surface area contributed by atoms with Crippen molar-refractivity contribution in [2.45, 2.75) is 6.92 Å². The summed E-state index contributed by atoms with van der Waals surface area (Å²) in [6, 6.07) is 0. The van der Waals surface area contributed by atoms with Gasteiger partial charge in [-0.25, -0.2) is 0 Å². The van der Waals surface area contributed by atoms with E-state index in [0.717, 1.165) is 13.2 Å². The van der Waals surface area contributed by atoms with Gasteiger partial charge >= 0.3 is 0 Å². The first-order chi connectivity index (χ1) is 5.27. The van der Waals surface area contributed by atoms with Crippen LogP contribution in [0.1, 0.15) is 6.92 Å². The molecule has 0 aliphatic carbocycles. The topological polar surface area (TPSA) is 83.8 Å². The minimum Gasteiger partial charge on any atom is -0.396 e. The number of rotatable bonds is 1. The van der Waals surface area contributed by atoms with Crippen LogP contribution < -0.4 is 0 Å². The zero-order chi connectivity index (χ0) is 9.83. The molecular formula is C6H14O5S. The standard InChI is InChI=1S/C5H10O2.CH4O3S/c1-5(2-6)3-7-4-5;1-5(2,3)4/h6H,2-4H2,1H3;1H3,(H,2,3,4). The van der Waals surface area contributed by atoms with Crippen molar-refractivity contribution >= 4 is 10.1 Å². The highest BCUT2D eigenvalue weighted by Crippen LogP contribution is 2.24. The SMILES string of the molecule is CC1(CO)COC1.CS(=O)(=O)O. The van der Waals surface area contributed by atoms with Gasteiger partial charge in [-0.3, -0.25) is 4.55 Å². The average molecular weight is 198 g/mol. The van der Waals surface area contributed by atoms with E-state index in [2.05, 4.69) is 0 Å². The van der Waals surface area contributed by atoms with Crippen LogP contribution in [0.2, 0.25) is 0 Å². The van der Waals surface area contributed by atoms with Crippen molar-refractivity contribution in [1.29, 1.82) is 0 Å². The summed E-state index contributed by atoms with van der Waals surface area (Å²) in [6.45, 7) is 3.72. The van der Waals surface area contributed by atoms with Gasteiger partial charge in [0.25, 0.3) is 10.1 Å². The number of ether oxygens (including phenoxy) is 1. The lowest BCUT2D eigenvalue weighted by molar-refractivity contribution is -0.125. The molecule has 0 saturated carbocycles. The maximum Gasteiger partial charge on any atom is 0.261 e. The summed E-state index contributed by atoms with van der Waals surface area (Å²) in [5, 5.41) is 8.57. The minimum absolute atomic E-state index is 0.0972. The van der Waals surface area contributed by atoms with Gasteiger partial charge in [-0.15, -0.1) is 0 Å². The molecule has 0 radical (unpaired) electrons. The zero-order valence-corrected chi connectivity index (χ0v) is 7.97. The van der Waals surface area contributed by atoms with Crippen molar-refractivity contribution in [2.75, 3.05) is 26.1 Å². The summed E-state index contributed by atoms with van der Waals surface area (Å²) in [6.07, 6.45) is 0.715. The van der Waals surface area contributed by atoms with E-state index in [9.17, 15) is 8.42 Å². The molecule has 1 rings (SSSR count). The fourth-order valence-corrected chi connectivity index (χ4v) is 0.542. The highest BCUT2D eigenvalue weighted by atomic mass is 32.2. The molecule has 1 fully saturated rings. The predicted molar refractivity (Wildman–Crippen MR) is 43.5 cm³/mol. The zero-order valence-electron chi connectivity index (χ0n) is 7.15. The second kappa shape index (κ2) is 4.18. The third-order valence-corrected chi connectivity index (χ3v) is 1.28. The lowest BCUT2D eigenvalue weighted by atomic mass is 9.90. The smallest absolute Gasteiger partial charge is 0.261 e.